The number of benzene rings is 1. The van der Waals surface area contributed by atoms with E-state index in [0.717, 1.165) is 22.4 Å². The molecule has 33 heavy (non-hydrogen) atoms. The van der Waals surface area contributed by atoms with E-state index in [2.05, 4.69) is 0 Å². The summed E-state index contributed by atoms with van der Waals surface area (Å²) in [5.74, 6) is -1.44. The van der Waals surface area contributed by atoms with Gasteiger partial charge in [0.05, 0.1) is 30.9 Å². The second-order valence-electron chi connectivity index (χ2n) is 8.45. The van der Waals surface area contributed by atoms with Crippen LogP contribution in [0.1, 0.15) is 68.1 Å². The number of aliphatic hydroxyl groups excluding tert-OH is 2. The van der Waals surface area contributed by atoms with Crippen molar-refractivity contribution in [2.45, 2.75) is 64.4 Å². The van der Waals surface area contributed by atoms with Gasteiger partial charge in [0.1, 0.15) is 5.82 Å². The fourth-order valence-corrected chi connectivity index (χ4v) is 3.76. The number of nitrogens with zero attached hydrogens (tertiary/aromatic N) is 1. The number of carbonyl (C=O) groups is 1. The quantitative estimate of drug-likeness (QED) is 0.402. The minimum absolute atomic E-state index is 0.0710. The summed E-state index contributed by atoms with van der Waals surface area (Å²) >= 11 is 0. The van der Waals surface area contributed by atoms with Crippen LogP contribution in [0, 0.1) is 5.82 Å². The number of nitrogens with two attached hydrogens (primary N) is 1. The molecule has 3 unspecified atom stereocenters. The third-order valence-corrected chi connectivity index (χ3v) is 5.21. The van der Waals surface area contributed by atoms with Gasteiger partial charge in [-0.25, -0.2) is 4.39 Å². The van der Waals surface area contributed by atoms with Crippen molar-refractivity contribution in [2.75, 3.05) is 7.11 Å². The van der Waals surface area contributed by atoms with Crippen LogP contribution >= 0.6 is 0 Å². The number of aliphatic hydroxyl groups is 2. The van der Waals surface area contributed by atoms with E-state index in [-0.39, 0.29) is 24.8 Å². The molecule has 0 fully saturated rings. The molecule has 0 saturated carbocycles. The molecule has 7 nitrogen and oxygen atoms in total. The average Bonchev–Trinajstić information content (AvgIpc) is 2.72. The Morgan fingerprint density at radius 3 is 2.33 bits per heavy atom. The molecule has 2 rings (SSSR count). The first-order chi connectivity index (χ1) is 15.5. The maximum absolute atomic E-state index is 13.7. The summed E-state index contributed by atoms with van der Waals surface area (Å²) < 4.78 is 19.1. The normalized spacial score (nSPS) is 14.6. The van der Waals surface area contributed by atoms with Gasteiger partial charge in [0.25, 0.3) is 0 Å². The molecule has 0 aliphatic heterocycles. The number of ether oxygens (including phenoxy) is 1. The summed E-state index contributed by atoms with van der Waals surface area (Å²) in [5, 5.41) is 29.0. The maximum atomic E-state index is 13.7. The number of methoxy groups -OCH3 is 1. The molecular weight excluding hydrogens is 427 g/mol. The lowest BCUT2D eigenvalue weighted by molar-refractivity contribution is -0.139. The summed E-state index contributed by atoms with van der Waals surface area (Å²) in [7, 11) is 1.58. The third kappa shape index (κ3) is 7.17. The van der Waals surface area contributed by atoms with Crippen molar-refractivity contribution in [1.82, 2.24) is 4.98 Å². The number of rotatable bonds is 11. The largest absolute Gasteiger partial charge is 0.481 e. The minimum atomic E-state index is -1.18. The van der Waals surface area contributed by atoms with E-state index in [9.17, 15) is 19.4 Å². The fourth-order valence-electron chi connectivity index (χ4n) is 3.76. The predicted molar refractivity (Wildman–Crippen MR) is 125 cm³/mol. The molecule has 0 aliphatic rings. The maximum Gasteiger partial charge on any atom is 0.305 e. The van der Waals surface area contributed by atoms with Gasteiger partial charge in [0, 0.05) is 36.4 Å². The lowest BCUT2D eigenvalue weighted by Crippen LogP contribution is -2.19. The van der Waals surface area contributed by atoms with Gasteiger partial charge < -0.3 is 25.8 Å². The van der Waals surface area contributed by atoms with Gasteiger partial charge in [-0.2, -0.15) is 0 Å². The van der Waals surface area contributed by atoms with E-state index < -0.39 is 30.6 Å². The number of hydrogen-bond acceptors (Lipinski definition) is 6. The van der Waals surface area contributed by atoms with Crippen molar-refractivity contribution >= 4 is 12.0 Å². The monoisotopic (exact) mass is 460 g/mol. The van der Waals surface area contributed by atoms with E-state index in [1.807, 2.05) is 13.8 Å². The van der Waals surface area contributed by atoms with E-state index in [1.54, 1.807) is 32.2 Å². The van der Waals surface area contributed by atoms with Gasteiger partial charge in [0.2, 0.25) is 0 Å². The van der Waals surface area contributed by atoms with Gasteiger partial charge in [0.15, 0.2) is 0 Å². The molecule has 1 heterocycles. The van der Waals surface area contributed by atoms with Crippen molar-refractivity contribution in [1.29, 1.82) is 0 Å². The van der Waals surface area contributed by atoms with Crippen molar-refractivity contribution in [3.8, 4) is 11.1 Å². The van der Waals surface area contributed by atoms with Crippen molar-refractivity contribution < 1.29 is 29.2 Å². The Bertz CT molecular complexity index is 974. The van der Waals surface area contributed by atoms with Crippen LogP contribution in [-0.2, 0) is 16.1 Å². The van der Waals surface area contributed by atoms with Crippen LogP contribution in [-0.4, -0.2) is 45.6 Å². The molecule has 3 atom stereocenters. The van der Waals surface area contributed by atoms with Gasteiger partial charge in [-0.3, -0.25) is 9.78 Å². The summed E-state index contributed by atoms with van der Waals surface area (Å²) in [4.78, 5) is 15.6. The highest BCUT2D eigenvalue weighted by Gasteiger charge is 2.23. The topological polar surface area (TPSA) is 126 Å². The van der Waals surface area contributed by atoms with E-state index >= 15 is 0 Å². The van der Waals surface area contributed by atoms with Crippen LogP contribution in [0.5, 0.6) is 0 Å². The summed E-state index contributed by atoms with van der Waals surface area (Å²) in [6.07, 6.45) is 0.289. The van der Waals surface area contributed by atoms with Gasteiger partial charge >= 0.3 is 5.97 Å². The van der Waals surface area contributed by atoms with Crippen LogP contribution in [0.4, 0.5) is 4.39 Å². The van der Waals surface area contributed by atoms with Crippen LogP contribution in [0.2, 0.25) is 0 Å². The standard InChI is InChI=1S/C25H33FN2O5/c1-14(2)24-21(13-33-4)23(16-5-7-17(26)8-6-16)20(25(28-24)15(3)27)10-9-18(29)11-19(30)12-22(31)32/h5-10,14-15,18-19,29-30H,11-13,27H2,1-4H3,(H,31,32)/b10-9+. The number of carboxylic acid groups (broad SMARTS) is 1. The molecule has 0 bridgehead atoms. The Kier molecular flexibility index (Phi) is 9.67. The molecular formula is C25H33FN2O5. The Balaban J connectivity index is 2.69. The third-order valence-electron chi connectivity index (χ3n) is 5.21. The SMILES string of the molecule is COCc1c(C(C)C)nc(C(C)N)c(/C=C/C(O)CC(O)CC(=O)O)c1-c1ccc(F)cc1. The first-order valence-corrected chi connectivity index (χ1v) is 10.9. The Morgan fingerprint density at radius 2 is 1.82 bits per heavy atom. The molecule has 8 heteroatoms. The molecule has 0 aliphatic carbocycles. The minimum Gasteiger partial charge on any atom is -0.481 e. The summed E-state index contributed by atoms with van der Waals surface area (Å²) in [5.41, 5.74) is 10.7. The Hall–Kier alpha value is -2.65. The van der Waals surface area contributed by atoms with Crippen LogP contribution in [0.25, 0.3) is 17.2 Å². The molecule has 1 aromatic heterocycles. The number of aromatic nitrogens is 1. The van der Waals surface area contributed by atoms with Gasteiger partial charge in [-0.05, 0) is 36.1 Å². The lowest BCUT2D eigenvalue weighted by Gasteiger charge is -2.23. The van der Waals surface area contributed by atoms with Crippen LogP contribution < -0.4 is 5.73 Å². The fraction of sp³-hybridized carbons (Fsp3) is 0.440. The van der Waals surface area contributed by atoms with Crippen molar-refractivity contribution in [2.24, 2.45) is 5.73 Å². The lowest BCUT2D eigenvalue weighted by atomic mass is 9.88. The predicted octanol–water partition coefficient (Wildman–Crippen LogP) is 3.78. The summed E-state index contributed by atoms with van der Waals surface area (Å²) in [6, 6.07) is 5.65. The number of aliphatic carboxylic acids is 1. The van der Waals surface area contributed by atoms with Gasteiger partial charge in [-0.15, -0.1) is 0 Å². The zero-order chi connectivity index (χ0) is 24.7. The van der Waals surface area contributed by atoms with Crippen molar-refractivity contribution in [3.63, 3.8) is 0 Å². The number of carboxylic acids is 1. The molecule has 180 valence electrons. The zero-order valence-corrected chi connectivity index (χ0v) is 19.5. The zero-order valence-electron chi connectivity index (χ0n) is 19.5. The van der Waals surface area contributed by atoms with E-state index in [1.165, 1.54) is 18.2 Å². The molecule has 0 radical (unpaired) electrons. The first kappa shape index (κ1) is 26.6. The Labute approximate surface area is 193 Å². The van der Waals surface area contributed by atoms with Gasteiger partial charge in [-0.1, -0.05) is 38.1 Å². The smallest absolute Gasteiger partial charge is 0.305 e. The van der Waals surface area contributed by atoms with E-state index in [0.29, 0.717) is 11.3 Å². The molecule has 0 saturated heterocycles. The molecule has 1 aromatic carbocycles. The van der Waals surface area contributed by atoms with E-state index in [4.69, 9.17) is 20.6 Å². The highest BCUT2D eigenvalue weighted by molar-refractivity contribution is 5.80. The number of halogens is 1. The molecule has 5 N–H and O–H groups in total. The second kappa shape index (κ2) is 12.0. The summed E-state index contributed by atoms with van der Waals surface area (Å²) in [6.45, 7) is 6.11. The average molecular weight is 461 g/mol. The van der Waals surface area contributed by atoms with Crippen LogP contribution in [0.3, 0.4) is 0 Å². The molecule has 0 amide bonds. The number of hydrogen-bond donors (Lipinski definition) is 4. The van der Waals surface area contributed by atoms with Crippen molar-refractivity contribution in [3.05, 3.63) is 58.7 Å². The Morgan fingerprint density at radius 1 is 1.18 bits per heavy atom. The highest BCUT2D eigenvalue weighted by Crippen LogP contribution is 2.37. The highest BCUT2D eigenvalue weighted by atomic mass is 19.1. The first-order valence-electron chi connectivity index (χ1n) is 10.9. The second-order valence-corrected chi connectivity index (χ2v) is 8.45. The van der Waals surface area contributed by atoms with Crippen LogP contribution in [0.15, 0.2) is 30.3 Å². The number of pyridine rings is 1. The molecule has 0 spiro atoms. The molecule has 2 aromatic rings.